The molecule has 2 heterocycles. The smallest absolute Gasteiger partial charge is 0.431 e. The van der Waals surface area contributed by atoms with Gasteiger partial charge in [0.15, 0.2) is 11.4 Å². The van der Waals surface area contributed by atoms with E-state index in [0.29, 0.717) is 6.54 Å². The van der Waals surface area contributed by atoms with E-state index in [4.69, 9.17) is 9.47 Å². The summed E-state index contributed by atoms with van der Waals surface area (Å²) >= 11 is 0. The van der Waals surface area contributed by atoms with E-state index in [-0.39, 0.29) is 30.4 Å². The van der Waals surface area contributed by atoms with E-state index in [1.807, 2.05) is 30.3 Å². The molecule has 3 rings (SSSR count). The van der Waals surface area contributed by atoms with E-state index in [2.05, 4.69) is 0 Å². The highest BCUT2D eigenvalue weighted by atomic mass is 16.6. The fourth-order valence-corrected chi connectivity index (χ4v) is 3.22. The number of fused-ring (bicyclic) bond motifs is 1. The maximum atomic E-state index is 13.2. The van der Waals surface area contributed by atoms with Gasteiger partial charge in [0.1, 0.15) is 18.9 Å². The van der Waals surface area contributed by atoms with Gasteiger partial charge in [0, 0.05) is 12.6 Å². The number of hydrogen-bond donors (Lipinski definition) is 1. The number of aliphatic hydroxyl groups is 1. The molecular formula is C22H27N3O6. The third-order valence-corrected chi connectivity index (χ3v) is 4.63. The van der Waals surface area contributed by atoms with E-state index in [0.717, 1.165) is 11.6 Å². The normalized spacial score (nSPS) is 13.8. The van der Waals surface area contributed by atoms with Crippen molar-refractivity contribution >= 4 is 12.0 Å². The van der Waals surface area contributed by atoms with Gasteiger partial charge in [-0.1, -0.05) is 30.3 Å². The van der Waals surface area contributed by atoms with Crippen LogP contribution in [0.1, 0.15) is 49.4 Å². The second-order valence-corrected chi connectivity index (χ2v) is 8.10. The standard InChI is InChI=1S/C22H27N3O6/c1-5-23-14-24(21(29)31-22(2,3)4)25-16(12-26)11-17(27)19(18(25)20(23)28)30-13-15-9-7-6-8-10-15/h6-11,26H,5,12-14H2,1-4H3. The zero-order chi connectivity index (χ0) is 22.8. The van der Waals surface area contributed by atoms with E-state index in [1.54, 1.807) is 27.7 Å². The van der Waals surface area contributed by atoms with Crippen LogP contribution in [-0.4, -0.2) is 45.5 Å². The SMILES string of the molecule is CCN1CN(C(=O)OC(C)(C)C)n2c(CO)cc(=O)c(OCc3ccccc3)c2C1=O. The van der Waals surface area contributed by atoms with Crippen LogP contribution in [0.2, 0.25) is 0 Å². The maximum absolute atomic E-state index is 13.2. The minimum Gasteiger partial charge on any atom is -0.482 e. The number of carbonyl (C=O) groups excluding carboxylic acids is 2. The minimum atomic E-state index is -0.777. The van der Waals surface area contributed by atoms with Gasteiger partial charge in [-0.25, -0.2) is 9.47 Å². The van der Waals surface area contributed by atoms with Gasteiger partial charge in [0.2, 0.25) is 5.43 Å². The number of rotatable bonds is 5. The zero-order valence-corrected chi connectivity index (χ0v) is 18.1. The summed E-state index contributed by atoms with van der Waals surface area (Å²) in [6.45, 7) is 6.66. The highest BCUT2D eigenvalue weighted by Gasteiger charge is 2.38. The molecule has 0 saturated heterocycles. The monoisotopic (exact) mass is 429 g/mol. The van der Waals surface area contributed by atoms with Gasteiger partial charge in [-0.2, -0.15) is 5.01 Å². The van der Waals surface area contributed by atoms with Gasteiger partial charge in [-0.05, 0) is 33.3 Å². The average molecular weight is 429 g/mol. The molecule has 0 saturated carbocycles. The number of benzene rings is 1. The molecule has 2 amide bonds. The fourth-order valence-electron chi connectivity index (χ4n) is 3.22. The molecule has 0 fully saturated rings. The van der Waals surface area contributed by atoms with Crippen molar-refractivity contribution in [3.63, 3.8) is 0 Å². The molecule has 0 aliphatic carbocycles. The van der Waals surface area contributed by atoms with Crippen molar-refractivity contribution in [2.75, 3.05) is 18.2 Å². The van der Waals surface area contributed by atoms with Crippen LogP contribution in [0.15, 0.2) is 41.2 Å². The molecule has 0 spiro atoms. The Bertz CT molecular complexity index is 1030. The summed E-state index contributed by atoms with van der Waals surface area (Å²) in [4.78, 5) is 40.3. The highest BCUT2D eigenvalue weighted by Crippen LogP contribution is 2.25. The van der Waals surface area contributed by atoms with E-state index >= 15 is 0 Å². The van der Waals surface area contributed by atoms with Gasteiger partial charge < -0.3 is 19.5 Å². The van der Waals surface area contributed by atoms with Crippen LogP contribution < -0.4 is 15.2 Å². The second kappa shape index (κ2) is 8.81. The number of hydrogen-bond acceptors (Lipinski definition) is 6. The van der Waals surface area contributed by atoms with Crippen LogP contribution in [-0.2, 0) is 18.0 Å². The highest BCUT2D eigenvalue weighted by molar-refractivity contribution is 5.98. The molecule has 31 heavy (non-hydrogen) atoms. The second-order valence-electron chi connectivity index (χ2n) is 8.10. The number of aliphatic hydroxyl groups excluding tert-OH is 1. The largest absolute Gasteiger partial charge is 0.482 e. The van der Waals surface area contributed by atoms with Crippen molar-refractivity contribution in [1.29, 1.82) is 0 Å². The first-order valence-corrected chi connectivity index (χ1v) is 10.0. The van der Waals surface area contributed by atoms with Gasteiger partial charge >= 0.3 is 6.09 Å². The van der Waals surface area contributed by atoms with Gasteiger partial charge in [-0.3, -0.25) is 9.59 Å². The van der Waals surface area contributed by atoms with E-state index in [9.17, 15) is 19.5 Å². The lowest BCUT2D eigenvalue weighted by Crippen LogP contribution is -2.58. The van der Waals surface area contributed by atoms with Crippen LogP contribution in [0, 0.1) is 0 Å². The molecule has 1 aromatic carbocycles. The Kier molecular flexibility index (Phi) is 6.35. The number of nitrogens with zero attached hydrogens (tertiary/aromatic N) is 3. The van der Waals surface area contributed by atoms with Crippen LogP contribution >= 0.6 is 0 Å². The van der Waals surface area contributed by atoms with Crippen LogP contribution in [0.4, 0.5) is 4.79 Å². The van der Waals surface area contributed by atoms with Crippen molar-refractivity contribution in [3.8, 4) is 5.75 Å². The van der Waals surface area contributed by atoms with Crippen molar-refractivity contribution in [2.24, 2.45) is 0 Å². The number of ether oxygens (including phenoxy) is 2. The predicted molar refractivity (Wildman–Crippen MR) is 113 cm³/mol. The van der Waals surface area contributed by atoms with Gasteiger partial charge in [0.25, 0.3) is 5.91 Å². The lowest BCUT2D eigenvalue weighted by molar-refractivity contribution is 0.0448. The summed E-state index contributed by atoms with van der Waals surface area (Å²) in [5.41, 5.74) is -0.553. The molecule has 0 unspecified atom stereocenters. The Balaban J connectivity index is 2.13. The number of carbonyl (C=O) groups is 2. The Labute approximate surface area is 180 Å². The summed E-state index contributed by atoms with van der Waals surface area (Å²) in [7, 11) is 0. The molecule has 1 aliphatic heterocycles. The summed E-state index contributed by atoms with van der Waals surface area (Å²) in [5.74, 6) is -0.657. The molecule has 9 heteroatoms. The average Bonchev–Trinajstić information content (AvgIpc) is 2.72. The molecule has 9 nitrogen and oxygen atoms in total. The molecule has 1 N–H and O–H groups in total. The fraction of sp³-hybridized carbons (Fsp3) is 0.409. The van der Waals surface area contributed by atoms with Crippen LogP contribution in [0.3, 0.4) is 0 Å². The molecule has 1 aromatic heterocycles. The lowest BCUT2D eigenvalue weighted by atomic mass is 10.2. The van der Waals surface area contributed by atoms with Crippen LogP contribution in [0.25, 0.3) is 0 Å². The first kappa shape index (κ1) is 22.4. The third kappa shape index (κ3) is 4.72. The van der Waals surface area contributed by atoms with E-state index < -0.39 is 29.6 Å². The lowest BCUT2D eigenvalue weighted by Gasteiger charge is -2.39. The van der Waals surface area contributed by atoms with Crippen molar-refractivity contribution in [1.82, 2.24) is 9.58 Å². The topological polar surface area (TPSA) is 101 Å². The van der Waals surface area contributed by atoms with Crippen molar-refractivity contribution in [3.05, 3.63) is 63.6 Å². The number of aromatic nitrogens is 1. The first-order chi connectivity index (χ1) is 14.7. The quantitative estimate of drug-likeness (QED) is 0.782. The molecule has 0 radical (unpaired) electrons. The van der Waals surface area contributed by atoms with Gasteiger partial charge in [-0.15, -0.1) is 0 Å². The molecule has 1 aliphatic rings. The Hall–Kier alpha value is -3.33. The number of amides is 2. The zero-order valence-electron chi connectivity index (χ0n) is 18.1. The minimum absolute atomic E-state index is 0.0629. The Morgan fingerprint density at radius 1 is 1.16 bits per heavy atom. The molecule has 166 valence electrons. The summed E-state index contributed by atoms with van der Waals surface area (Å²) in [6.07, 6.45) is -0.716. The summed E-state index contributed by atoms with van der Waals surface area (Å²) in [6, 6.07) is 10.4. The number of pyridine rings is 1. The molecule has 0 atom stereocenters. The Morgan fingerprint density at radius 2 is 1.84 bits per heavy atom. The third-order valence-electron chi connectivity index (χ3n) is 4.63. The van der Waals surface area contributed by atoms with Crippen molar-refractivity contribution < 1.29 is 24.2 Å². The molecule has 2 aromatic rings. The molecule has 0 bridgehead atoms. The van der Waals surface area contributed by atoms with Crippen molar-refractivity contribution in [2.45, 2.75) is 46.5 Å². The first-order valence-electron chi connectivity index (χ1n) is 10.0. The summed E-state index contributed by atoms with van der Waals surface area (Å²) in [5, 5.41) is 11.0. The van der Waals surface area contributed by atoms with Crippen LogP contribution in [0.5, 0.6) is 5.75 Å². The predicted octanol–water partition coefficient (Wildman–Crippen LogP) is 2.23. The van der Waals surface area contributed by atoms with E-state index in [1.165, 1.54) is 14.6 Å². The summed E-state index contributed by atoms with van der Waals surface area (Å²) < 4.78 is 12.5. The molecular weight excluding hydrogens is 402 g/mol. The Morgan fingerprint density at radius 3 is 2.42 bits per heavy atom. The van der Waals surface area contributed by atoms with Gasteiger partial charge in [0.05, 0.1) is 12.3 Å². The maximum Gasteiger partial charge on any atom is 0.431 e.